The van der Waals surface area contributed by atoms with Gasteiger partial charge >= 0.3 is 0 Å². The highest BCUT2D eigenvalue weighted by molar-refractivity contribution is 5.47. The second-order valence-electron chi connectivity index (χ2n) is 3.65. The van der Waals surface area contributed by atoms with Crippen LogP contribution >= 0.6 is 0 Å². The van der Waals surface area contributed by atoms with Crippen LogP contribution in [0.1, 0.15) is 18.5 Å². The van der Waals surface area contributed by atoms with Gasteiger partial charge in [0.1, 0.15) is 0 Å². The molecule has 0 fully saturated rings. The maximum Gasteiger partial charge on any atom is 0.255 e. The second kappa shape index (κ2) is 5.07. The van der Waals surface area contributed by atoms with Crippen LogP contribution in [0.15, 0.2) is 24.3 Å². The molecule has 0 spiro atoms. The number of nitrogens with two attached hydrogens (primary N) is 1. The van der Waals surface area contributed by atoms with E-state index in [4.69, 9.17) is 5.73 Å². The van der Waals surface area contributed by atoms with E-state index in [0.29, 0.717) is 0 Å². The topological polar surface area (TPSA) is 29.3 Å². The molecule has 0 heterocycles. The lowest BCUT2D eigenvalue weighted by Gasteiger charge is -2.19. The summed E-state index contributed by atoms with van der Waals surface area (Å²) in [6, 6.07) is 7.31. The summed E-state index contributed by atoms with van der Waals surface area (Å²) in [4.78, 5) is 1.52. The van der Waals surface area contributed by atoms with Gasteiger partial charge in [-0.3, -0.25) is 0 Å². The van der Waals surface area contributed by atoms with Crippen molar-refractivity contribution >= 4 is 5.69 Å². The molecule has 4 heteroatoms. The maximum atomic E-state index is 12.1. The minimum Gasteiger partial charge on any atom is -0.369 e. The average Bonchev–Trinajstić information content (AvgIpc) is 2.17. The molecular formula is C11H16F2N2. The second-order valence-corrected chi connectivity index (χ2v) is 3.65. The third-order valence-corrected chi connectivity index (χ3v) is 2.27. The molecule has 0 amide bonds. The van der Waals surface area contributed by atoms with Gasteiger partial charge in [-0.15, -0.1) is 0 Å². The predicted octanol–water partition coefficient (Wildman–Crippen LogP) is 2.41. The highest BCUT2D eigenvalue weighted by Crippen LogP contribution is 2.17. The van der Waals surface area contributed by atoms with Crippen molar-refractivity contribution in [3.05, 3.63) is 29.8 Å². The fourth-order valence-electron chi connectivity index (χ4n) is 1.34. The van der Waals surface area contributed by atoms with Gasteiger partial charge in [-0.25, -0.2) is 8.78 Å². The normalized spacial score (nSPS) is 12.9. The van der Waals surface area contributed by atoms with Crippen molar-refractivity contribution in [2.75, 3.05) is 18.5 Å². The van der Waals surface area contributed by atoms with Gasteiger partial charge in [0, 0.05) is 18.8 Å². The predicted molar refractivity (Wildman–Crippen MR) is 58.3 cm³/mol. The van der Waals surface area contributed by atoms with E-state index < -0.39 is 6.43 Å². The van der Waals surface area contributed by atoms with Crippen LogP contribution in [0.25, 0.3) is 0 Å². The van der Waals surface area contributed by atoms with Gasteiger partial charge in [0.15, 0.2) is 0 Å². The van der Waals surface area contributed by atoms with Crippen molar-refractivity contribution < 1.29 is 8.78 Å². The zero-order chi connectivity index (χ0) is 11.4. The van der Waals surface area contributed by atoms with Crippen molar-refractivity contribution in [3.8, 4) is 0 Å². The molecule has 1 aromatic rings. The zero-order valence-corrected chi connectivity index (χ0v) is 8.95. The van der Waals surface area contributed by atoms with Crippen LogP contribution in [-0.4, -0.2) is 20.0 Å². The number of anilines is 1. The molecule has 1 aromatic carbocycles. The third-order valence-electron chi connectivity index (χ3n) is 2.27. The summed E-state index contributed by atoms with van der Waals surface area (Å²) in [6.07, 6.45) is -2.32. The lowest BCUT2D eigenvalue weighted by Crippen LogP contribution is -2.23. The van der Waals surface area contributed by atoms with Crippen molar-refractivity contribution in [1.82, 2.24) is 0 Å². The minimum absolute atomic E-state index is 0.0283. The summed E-state index contributed by atoms with van der Waals surface area (Å²) in [5.74, 6) is 0. The van der Waals surface area contributed by atoms with Gasteiger partial charge in [0.05, 0.1) is 6.54 Å². The molecule has 1 unspecified atom stereocenters. The number of rotatable bonds is 4. The molecule has 0 radical (unpaired) electrons. The Hall–Kier alpha value is -1.16. The quantitative estimate of drug-likeness (QED) is 0.834. The Bertz CT molecular complexity index is 296. The van der Waals surface area contributed by atoms with Crippen molar-refractivity contribution in [2.45, 2.75) is 19.4 Å². The molecule has 0 aliphatic heterocycles. The molecule has 0 saturated heterocycles. The van der Waals surface area contributed by atoms with Crippen LogP contribution in [0.5, 0.6) is 0 Å². The molecular weight excluding hydrogens is 198 g/mol. The molecule has 0 aliphatic rings. The van der Waals surface area contributed by atoms with Gasteiger partial charge in [-0.1, -0.05) is 12.1 Å². The molecule has 0 aromatic heterocycles. The summed E-state index contributed by atoms with van der Waals surface area (Å²) >= 11 is 0. The Morgan fingerprint density at radius 1 is 1.27 bits per heavy atom. The monoisotopic (exact) mass is 214 g/mol. The fraction of sp³-hybridized carbons (Fsp3) is 0.455. The Balaban J connectivity index is 2.71. The standard InChI is InChI=1S/C11H16F2N2/c1-8(14)9-3-5-10(6-4-9)15(2)7-11(12)13/h3-6,8,11H,7,14H2,1-2H3. The smallest absolute Gasteiger partial charge is 0.255 e. The third kappa shape index (κ3) is 3.47. The van der Waals surface area contributed by atoms with Gasteiger partial charge in [-0.05, 0) is 24.6 Å². The van der Waals surface area contributed by atoms with E-state index in [2.05, 4.69) is 0 Å². The first kappa shape index (κ1) is 11.9. The summed E-state index contributed by atoms with van der Waals surface area (Å²) in [7, 11) is 1.65. The Kier molecular flexibility index (Phi) is 4.03. The summed E-state index contributed by atoms with van der Waals surface area (Å²) < 4.78 is 24.2. The highest BCUT2D eigenvalue weighted by Gasteiger charge is 2.08. The van der Waals surface area contributed by atoms with Crippen LogP contribution in [0.3, 0.4) is 0 Å². The van der Waals surface area contributed by atoms with Gasteiger partial charge in [0.2, 0.25) is 0 Å². The SMILES string of the molecule is CC(N)c1ccc(N(C)CC(F)F)cc1. The molecule has 0 bridgehead atoms. The Morgan fingerprint density at radius 3 is 2.20 bits per heavy atom. The first-order chi connectivity index (χ1) is 7.00. The Morgan fingerprint density at radius 2 is 1.80 bits per heavy atom. The number of benzene rings is 1. The molecule has 1 rings (SSSR count). The molecule has 84 valence electrons. The van der Waals surface area contributed by atoms with Crippen molar-refractivity contribution in [1.29, 1.82) is 0 Å². The first-order valence-corrected chi connectivity index (χ1v) is 4.85. The molecule has 0 saturated carbocycles. The number of hydrogen-bond acceptors (Lipinski definition) is 2. The van der Waals surface area contributed by atoms with E-state index in [1.165, 1.54) is 4.90 Å². The van der Waals surface area contributed by atoms with E-state index in [0.717, 1.165) is 11.3 Å². The summed E-state index contributed by atoms with van der Waals surface area (Å²) in [5.41, 5.74) is 7.47. The maximum absolute atomic E-state index is 12.1. The van der Waals surface area contributed by atoms with Gasteiger partial charge in [0.25, 0.3) is 6.43 Å². The molecule has 2 nitrogen and oxygen atoms in total. The lowest BCUT2D eigenvalue weighted by molar-refractivity contribution is 0.156. The van der Waals surface area contributed by atoms with E-state index in [1.54, 1.807) is 19.2 Å². The first-order valence-electron chi connectivity index (χ1n) is 4.85. The van der Waals surface area contributed by atoms with Gasteiger partial charge in [-0.2, -0.15) is 0 Å². The Labute approximate surface area is 88.7 Å². The minimum atomic E-state index is -2.32. The molecule has 2 N–H and O–H groups in total. The highest BCUT2D eigenvalue weighted by atomic mass is 19.3. The lowest BCUT2D eigenvalue weighted by atomic mass is 10.1. The fourth-order valence-corrected chi connectivity index (χ4v) is 1.34. The summed E-state index contributed by atoms with van der Waals surface area (Å²) in [6.45, 7) is 1.63. The van der Waals surface area contributed by atoms with Gasteiger partial charge < -0.3 is 10.6 Å². The molecule has 15 heavy (non-hydrogen) atoms. The van der Waals surface area contributed by atoms with Crippen LogP contribution in [0, 0.1) is 0 Å². The average molecular weight is 214 g/mol. The summed E-state index contributed by atoms with van der Waals surface area (Å²) in [5, 5.41) is 0. The number of hydrogen-bond donors (Lipinski definition) is 1. The van der Waals surface area contributed by atoms with Crippen LogP contribution in [-0.2, 0) is 0 Å². The van der Waals surface area contributed by atoms with Crippen LogP contribution in [0.4, 0.5) is 14.5 Å². The van der Waals surface area contributed by atoms with E-state index in [1.807, 2.05) is 19.1 Å². The largest absolute Gasteiger partial charge is 0.369 e. The van der Waals surface area contributed by atoms with E-state index >= 15 is 0 Å². The van der Waals surface area contributed by atoms with E-state index in [-0.39, 0.29) is 12.6 Å². The molecule has 1 atom stereocenters. The molecule has 0 aliphatic carbocycles. The zero-order valence-electron chi connectivity index (χ0n) is 8.95. The number of halogens is 2. The van der Waals surface area contributed by atoms with Crippen LogP contribution in [0.2, 0.25) is 0 Å². The number of nitrogens with zero attached hydrogens (tertiary/aromatic N) is 1. The number of alkyl halides is 2. The van der Waals surface area contributed by atoms with E-state index in [9.17, 15) is 8.78 Å². The van der Waals surface area contributed by atoms with Crippen LogP contribution < -0.4 is 10.6 Å². The van der Waals surface area contributed by atoms with Crippen molar-refractivity contribution in [3.63, 3.8) is 0 Å². The van der Waals surface area contributed by atoms with Crippen molar-refractivity contribution in [2.24, 2.45) is 5.73 Å².